The van der Waals surface area contributed by atoms with Gasteiger partial charge in [-0.15, -0.1) is 10.2 Å². The number of aromatic nitrogens is 2. The summed E-state index contributed by atoms with van der Waals surface area (Å²) in [6.07, 6.45) is 3.97. The number of hydrogen-bond donors (Lipinski definition) is 1. The standard InChI is InChI=1S/C14H14ClN3OS/c1-3-13-17-18-14(20-13)16-12(19)7-6-10-5-4-9(2)11(15)8-10/h4-8H,3H2,1-2H3,(H,16,18,19). The van der Waals surface area contributed by atoms with Crippen LogP contribution in [0.15, 0.2) is 24.3 Å². The maximum absolute atomic E-state index is 11.7. The van der Waals surface area contributed by atoms with Crippen molar-refractivity contribution in [2.45, 2.75) is 20.3 Å². The van der Waals surface area contributed by atoms with E-state index in [1.807, 2.05) is 32.0 Å². The topological polar surface area (TPSA) is 54.9 Å². The first kappa shape index (κ1) is 14.7. The van der Waals surface area contributed by atoms with Crippen LogP contribution in [0.4, 0.5) is 5.13 Å². The van der Waals surface area contributed by atoms with Crippen LogP contribution in [0.1, 0.15) is 23.1 Å². The second-order valence-corrected chi connectivity index (χ2v) is 5.65. The Labute approximate surface area is 126 Å². The van der Waals surface area contributed by atoms with Gasteiger partial charge in [-0.05, 0) is 36.6 Å². The molecule has 0 unspecified atom stereocenters. The monoisotopic (exact) mass is 307 g/mol. The average molecular weight is 308 g/mol. The van der Waals surface area contributed by atoms with Crippen LogP contribution < -0.4 is 5.32 Å². The number of halogens is 1. The van der Waals surface area contributed by atoms with E-state index in [1.165, 1.54) is 17.4 Å². The Kier molecular flexibility index (Phi) is 4.87. The van der Waals surface area contributed by atoms with Gasteiger partial charge in [-0.3, -0.25) is 10.1 Å². The third kappa shape index (κ3) is 3.88. The van der Waals surface area contributed by atoms with Crippen molar-refractivity contribution < 1.29 is 4.79 Å². The van der Waals surface area contributed by atoms with E-state index in [-0.39, 0.29) is 5.91 Å². The summed E-state index contributed by atoms with van der Waals surface area (Å²) < 4.78 is 0. The average Bonchev–Trinajstić information content (AvgIpc) is 2.88. The second kappa shape index (κ2) is 6.63. The molecule has 0 aliphatic rings. The number of amides is 1. The van der Waals surface area contributed by atoms with Gasteiger partial charge in [0.05, 0.1) is 0 Å². The summed E-state index contributed by atoms with van der Waals surface area (Å²) in [5.74, 6) is -0.236. The Morgan fingerprint density at radius 3 is 2.90 bits per heavy atom. The van der Waals surface area contributed by atoms with Crippen LogP contribution in [-0.4, -0.2) is 16.1 Å². The molecule has 0 aliphatic carbocycles. The van der Waals surface area contributed by atoms with Crippen LogP contribution in [0.2, 0.25) is 5.02 Å². The maximum Gasteiger partial charge on any atom is 0.250 e. The van der Waals surface area contributed by atoms with Gasteiger partial charge in [0.25, 0.3) is 0 Å². The number of benzene rings is 1. The van der Waals surface area contributed by atoms with E-state index in [9.17, 15) is 4.79 Å². The minimum Gasteiger partial charge on any atom is -0.297 e. The van der Waals surface area contributed by atoms with Gasteiger partial charge in [-0.25, -0.2) is 0 Å². The molecular formula is C14H14ClN3OS. The highest BCUT2D eigenvalue weighted by Gasteiger charge is 2.04. The molecular weight excluding hydrogens is 294 g/mol. The molecule has 0 spiro atoms. The number of anilines is 1. The van der Waals surface area contributed by atoms with Crippen molar-refractivity contribution in [2.24, 2.45) is 0 Å². The van der Waals surface area contributed by atoms with E-state index in [2.05, 4.69) is 15.5 Å². The second-order valence-electron chi connectivity index (χ2n) is 4.19. The minimum atomic E-state index is -0.236. The van der Waals surface area contributed by atoms with Crippen LogP contribution in [0.25, 0.3) is 6.08 Å². The first-order chi connectivity index (χ1) is 9.58. The van der Waals surface area contributed by atoms with Gasteiger partial charge in [0.1, 0.15) is 5.01 Å². The third-order valence-corrected chi connectivity index (χ3v) is 4.01. The SMILES string of the molecule is CCc1nnc(NC(=O)C=Cc2ccc(C)c(Cl)c2)s1. The molecule has 1 N–H and O–H groups in total. The zero-order valence-electron chi connectivity index (χ0n) is 11.2. The molecule has 0 atom stereocenters. The smallest absolute Gasteiger partial charge is 0.250 e. The molecule has 1 amide bonds. The van der Waals surface area contributed by atoms with Gasteiger partial charge in [0.2, 0.25) is 11.0 Å². The maximum atomic E-state index is 11.7. The zero-order chi connectivity index (χ0) is 14.5. The largest absolute Gasteiger partial charge is 0.297 e. The Balaban J connectivity index is 1.99. The van der Waals surface area contributed by atoms with Crippen LogP contribution in [-0.2, 0) is 11.2 Å². The molecule has 6 heteroatoms. The van der Waals surface area contributed by atoms with E-state index < -0.39 is 0 Å². The highest BCUT2D eigenvalue weighted by atomic mass is 35.5. The highest BCUT2D eigenvalue weighted by Crippen LogP contribution is 2.18. The molecule has 0 fully saturated rings. The van der Waals surface area contributed by atoms with Crippen molar-refractivity contribution in [2.75, 3.05) is 5.32 Å². The van der Waals surface area contributed by atoms with Crippen molar-refractivity contribution in [1.29, 1.82) is 0 Å². The van der Waals surface area contributed by atoms with Gasteiger partial charge in [0.15, 0.2) is 0 Å². The fourth-order valence-corrected chi connectivity index (χ4v) is 2.35. The summed E-state index contributed by atoms with van der Waals surface area (Å²) in [4.78, 5) is 11.7. The molecule has 1 heterocycles. The molecule has 0 bridgehead atoms. The Morgan fingerprint density at radius 1 is 1.45 bits per heavy atom. The van der Waals surface area contributed by atoms with Crippen LogP contribution in [0, 0.1) is 6.92 Å². The Hall–Kier alpha value is -1.72. The quantitative estimate of drug-likeness (QED) is 0.876. The predicted octanol–water partition coefficient (Wildman–Crippen LogP) is 3.71. The lowest BCUT2D eigenvalue weighted by molar-refractivity contribution is -0.111. The molecule has 2 aromatic rings. The number of nitrogens with zero attached hydrogens (tertiary/aromatic N) is 2. The van der Waals surface area contributed by atoms with Gasteiger partial charge in [-0.2, -0.15) is 0 Å². The molecule has 0 radical (unpaired) electrons. The molecule has 104 valence electrons. The molecule has 1 aromatic heterocycles. The lowest BCUT2D eigenvalue weighted by Crippen LogP contribution is -2.07. The molecule has 0 aliphatic heterocycles. The van der Waals surface area contributed by atoms with Gasteiger partial charge >= 0.3 is 0 Å². The Morgan fingerprint density at radius 2 is 2.25 bits per heavy atom. The van der Waals surface area contributed by atoms with Crippen LogP contribution in [0.3, 0.4) is 0 Å². The van der Waals surface area contributed by atoms with Crippen molar-refractivity contribution in [3.8, 4) is 0 Å². The lowest BCUT2D eigenvalue weighted by Gasteiger charge is -1.99. The number of nitrogens with one attached hydrogen (secondary N) is 1. The van der Waals surface area contributed by atoms with Crippen molar-refractivity contribution in [1.82, 2.24) is 10.2 Å². The van der Waals surface area contributed by atoms with Crippen molar-refractivity contribution in [3.05, 3.63) is 45.4 Å². The number of hydrogen-bond acceptors (Lipinski definition) is 4. The van der Waals surface area contributed by atoms with E-state index in [0.717, 1.165) is 22.6 Å². The van der Waals surface area contributed by atoms with Gasteiger partial charge in [-0.1, -0.05) is 42.0 Å². The van der Waals surface area contributed by atoms with E-state index in [0.29, 0.717) is 10.2 Å². The van der Waals surface area contributed by atoms with E-state index in [4.69, 9.17) is 11.6 Å². The minimum absolute atomic E-state index is 0.236. The predicted molar refractivity (Wildman–Crippen MR) is 83.1 cm³/mol. The highest BCUT2D eigenvalue weighted by molar-refractivity contribution is 7.15. The third-order valence-electron chi connectivity index (χ3n) is 2.62. The summed E-state index contributed by atoms with van der Waals surface area (Å²) in [7, 11) is 0. The van der Waals surface area contributed by atoms with Crippen molar-refractivity contribution in [3.63, 3.8) is 0 Å². The summed E-state index contributed by atoms with van der Waals surface area (Å²) in [6.45, 7) is 3.93. The van der Waals surface area contributed by atoms with Crippen LogP contribution >= 0.6 is 22.9 Å². The summed E-state index contributed by atoms with van der Waals surface area (Å²) in [5, 5.41) is 12.6. The van der Waals surface area contributed by atoms with Crippen LogP contribution in [0.5, 0.6) is 0 Å². The first-order valence-corrected chi connectivity index (χ1v) is 7.35. The Bertz CT molecular complexity index is 652. The molecule has 0 saturated carbocycles. The molecule has 0 saturated heterocycles. The van der Waals surface area contributed by atoms with E-state index in [1.54, 1.807) is 6.08 Å². The normalized spacial score (nSPS) is 10.9. The molecule has 2 rings (SSSR count). The summed E-state index contributed by atoms with van der Waals surface area (Å²) >= 11 is 7.40. The summed E-state index contributed by atoms with van der Waals surface area (Å²) in [5.41, 5.74) is 1.89. The zero-order valence-corrected chi connectivity index (χ0v) is 12.8. The number of carbonyl (C=O) groups is 1. The summed E-state index contributed by atoms with van der Waals surface area (Å²) in [6, 6.07) is 5.64. The fourth-order valence-electron chi connectivity index (χ4n) is 1.48. The van der Waals surface area contributed by atoms with Gasteiger partial charge in [0, 0.05) is 11.1 Å². The number of aryl methyl sites for hydroxylation is 2. The number of carbonyl (C=O) groups excluding carboxylic acids is 1. The van der Waals surface area contributed by atoms with Gasteiger partial charge < -0.3 is 0 Å². The molecule has 4 nitrogen and oxygen atoms in total. The lowest BCUT2D eigenvalue weighted by atomic mass is 10.1. The molecule has 1 aromatic carbocycles. The first-order valence-electron chi connectivity index (χ1n) is 6.16. The fraction of sp³-hybridized carbons (Fsp3) is 0.214. The molecule has 20 heavy (non-hydrogen) atoms. The van der Waals surface area contributed by atoms with Crippen molar-refractivity contribution >= 4 is 40.1 Å². The van der Waals surface area contributed by atoms with E-state index >= 15 is 0 Å². The number of rotatable bonds is 4.